The summed E-state index contributed by atoms with van der Waals surface area (Å²) < 4.78 is 16.5. The van der Waals surface area contributed by atoms with Gasteiger partial charge in [0.15, 0.2) is 0 Å². The molecule has 0 aliphatic heterocycles. The zero-order valence-electron chi connectivity index (χ0n) is 17.7. The smallest absolute Gasteiger partial charge is 0.119 e. The SMILES string of the molecule is CCCCCCOc1ccc(OC[C@@H](O)CNCCc2ccc(OC)cc2)cc1. The molecule has 29 heavy (non-hydrogen) atoms. The number of aliphatic hydroxyl groups excluding tert-OH is 1. The monoisotopic (exact) mass is 401 g/mol. The number of hydrogen-bond acceptors (Lipinski definition) is 5. The summed E-state index contributed by atoms with van der Waals surface area (Å²) >= 11 is 0. The van der Waals surface area contributed by atoms with Gasteiger partial charge in [-0.2, -0.15) is 0 Å². The maximum atomic E-state index is 10.1. The van der Waals surface area contributed by atoms with Gasteiger partial charge in [-0.3, -0.25) is 0 Å². The minimum atomic E-state index is -0.555. The second kappa shape index (κ2) is 13.9. The molecule has 1 atom stereocenters. The van der Waals surface area contributed by atoms with Crippen LogP contribution in [0.5, 0.6) is 17.2 Å². The highest BCUT2D eigenvalue weighted by Gasteiger charge is 2.05. The van der Waals surface area contributed by atoms with E-state index in [1.165, 1.54) is 24.8 Å². The Hall–Kier alpha value is -2.24. The molecule has 2 N–H and O–H groups in total. The minimum absolute atomic E-state index is 0.257. The zero-order valence-corrected chi connectivity index (χ0v) is 17.7. The molecule has 0 unspecified atom stereocenters. The van der Waals surface area contributed by atoms with Crippen LogP contribution in [0.4, 0.5) is 0 Å². The van der Waals surface area contributed by atoms with E-state index in [2.05, 4.69) is 24.4 Å². The lowest BCUT2D eigenvalue weighted by Crippen LogP contribution is -2.32. The molecule has 5 heteroatoms. The fraction of sp³-hybridized carbons (Fsp3) is 0.500. The first-order valence-corrected chi connectivity index (χ1v) is 10.6. The zero-order chi connectivity index (χ0) is 20.7. The van der Waals surface area contributed by atoms with Gasteiger partial charge in [0.25, 0.3) is 0 Å². The van der Waals surface area contributed by atoms with Gasteiger partial charge in [0, 0.05) is 6.54 Å². The van der Waals surface area contributed by atoms with Crippen LogP contribution in [0.1, 0.15) is 38.2 Å². The van der Waals surface area contributed by atoms with E-state index in [1.54, 1.807) is 7.11 Å². The Labute approximate surface area is 175 Å². The molecule has 0 aliphatic rings. The van der Waals surface area contributed by atoms with Gasteiger partial charge in [-0.05, 0) is 61.3 Å². The lowest BCUT2D eigenvalue weighted by molar-refractivity contribution is 0.106. The van der Waals surface area contributed by atoms with Crippen molar-refractivity contribution in [2.45, 2.75) is 45.1 Å². The molecule has 5 nitrogen and oxygen atoms in total. The number of rotatable bonds is 15. The molecule has 0 amide bonds. The fourth-order valence-corrected chi connectivity index (χ4v) is 2.90. The number of aliphatic hydroxyl groups is 1. The summed E-state index contributed by atoms with van der Waals surface area (Å²) in [6.07, 6.45) is 5.14. The van der Waals surface area contributed by atoms with E-state index in [1.807, 2.05) is 36.4 Å². The first kappa shape index (κ1) is 23.0. The summed E-state index contributed by atoms with van der Waals surface area (Å²) in [6, 6.07) is 15.6. The molecule has 2 aromatic carbocycles. The average molecular weight is 402 g/mol. The molecule has 0 bridgehead atoms. The molecule has 2 aromatic rings. The maximum Gasteiger partial charge on any atom is 0.119 e. The highest BCUT2D eigenvalue weighted by atomic mass is 16.5. The number of unbranched alkanes of at least 4 members (excludes halogenated alkanes) is 3. The molecule has 160 valence electrons. The van der Waals surface area contributed by atoms with Crippen molar-refractivity contribution < 1.29 is 19.3 Å². The molecular formula is C24H35NO4. The average Bonchev–Trinajstić information content (AvgIpc) is 2.76. The number of methoxy groups -OCH3 is 1. The summed E-state index contributed by atoms with van der Waals surface area (Å²) in [7, 11) is 1.66. The third-order valence-corrected chi connectivity index (χ3v) is 4.66. The van der Waals surface area contributed by atoms with Crippen molar-refractivity contribution in [1.82, 2.24) is 5.32 Å². The first-order chi connectivity index (χ1) is 14.2. The molecule has 0 fully saturated rings. The van der Waals surface area contributed by atoms with E-state index in [4.69, 9.17) is 14.2 Å². The largest absolute Gasteiger partial charge is 0.497 e. The Bertz CT molecular complexity index is 658. The third-order valence-electron chi connectivity index (χ3n) is 4.66. The summed E-state index contributed by atoms with van der Waals surface area (Å²) in [6.45, 7) is 4.51. The van der Waals surface area contributed by atoms with E-state index in [9.17, 15) is 5.11 Å². The minimum Gasteiger partial charge on any atom is -0.497 e. The van der Waals surface area contributed by atoms with Crippen LogP contribution in [0.2, 0.25) is 0 Å². The van der Waals surface area contributed by atoms with Crippen LogP contribution in [-0.2, 0) is 6.42 Å². The van der Waals surface area contributed by atoms with Gasteiger partial charge in [0.1, 0.15) is 30.0 Å². The number of ether oxygens (including phenoxy) is 3. The molecular weight excluding hydrogens is 366 g/mol. The van der Waals surface area contributed by atoms with Crippen LogP contribution >= 0.6 is 0 Å². The van der Waals surface area contributed by atoms with Gasteiger partial charge in [0.2, 0.25) is 0 Å². The van der Waals surface area contributed by atoms with Gasteiger partial charge < -0.3 is 24.6 Å². The molecule has 0 heterocycles. The topological polar surface area (TPSA) is 60.0 Å². The quantitative estimate of drug-likeness (QED) is 0.438. The number of benzene rings is 2. The van der Waals surface area contributed by atoms with Crippen LogP contribution in [0.15, 0.2) is 48.5 Å². The molecule has 0 aliphatic carbocycles. The van der Waals surface area contributed by atoms with Gasteiger partial charge >= 0.3 is 0 Å². The van der Waals surface area contributed by atoms with E-state index in [0.29, 0.717) is 6.54 Å². The molecule has 0 saturated heterocycles. The Morgan fingerprint density at radius 2 is 1.52 bits per heavy atom. The Kier molecular flexibility index (Phi) is 11.0. The van der Waals surface area contributed by atoms with Crippen LogP contribution in [0.3, 0.4) is 0 Å². The molecule has 0 aromatic heterocycles. The van der Waals surface area contributed by atoms with Gasteiger partial charge in [-0.1, -0.05) is 38.3 Å². The number of nitrogens with one attached hydrogen (secondary N) is 1. The summed E-state index contributed by atoms with van der Waals surface area (Å²) in [5.41, 5.74) is 1.23. The summed E-state index contributed by atoms with van der Waals surface area (Å²) in [5, 5.41) is 13.4. The molecule has 0 spiro atoms. The summed E-state index contributed by atoms with van der Waals surface area (Å²) in [4.78, 5) is 0. The van der Waals surface area contributed by atoms with Crippen molar-refractivity contribution in [3.05, 3.63) is 54.1 Å². The van der Waals surface area contributed by atoms with E-state index in [-0.39, 0.29) is 6.61 Å². The van der Waals surface area contributed by atoms with Gasteiger partial charge in [-0.15, -0.1) is 0 Å². The van der Waals surface area contributed by atoms with Crippen molar-refractivity contribution in [2.75, 3.05) is 33.4 Å². The van der Waals surface area contributed by atoms with Crippen LogP contribution in [0, 0.1) is 0 Å². The predicted octanol–water partition coefficient (Wildman–Crippen LogP) is 4.23. The highest BCUT2D eigenvalue weighted by molar-refractivity contribution is 5.31. The van der Waals surface area contributed by atoms with Crippen molar-refractivity contribution in [2.24, 2.45) is 0 Å². The molecule has 2 rings (SSSR count). The van der Waals surface area contributed by atoms with Crippen LogP contribution in [0.25, 0.3) is 0 Å². The Balaban J connectivity index is 1.56. The van der Waals surface area contributed by atoms with Crippen LogP contribution in [-0.4, -0.2) is 44.6 Å². The first-order valence-electron chi connectivity index (χ1n) is 10.6. The van der Waals surface area contributed by atoms with E-state index < -0.39 is 6.10 Å². The lowest BCUT2D eigenvalue weighted by Gasteiger charge is -2.14. The normalized spacial score (nSPS) is 11.8. The summed E-state index contributed by atoms with van der Waals surface area (Å²) in [5.74, 6) is 2.45. The molecule has 0 saturated carbocycles. The van der Waals surface area contributed by atoms with Crippen molar-refractivity contribution in [3.8, 4) is 17.2 Å². The second-order valence-electron chi connectivity index (χ2n) is 7.15. The standard InChI is InChI=1S/C24H35NO4/c1-3-4-5-6-17-28-23-11-13-24(14-12-23)29-19-21(26)18-25-16-15-20-7-9-22(27-2)10-8-20/h7-14,21,25-26H,3-6,15-19H2,1-2H3/t21-/m0/s1. The predicted molar refractivity (Wildman–Crippen MR) is 117 cm³/mol. The second-order valence-corrected chi connectivity index (χ2v) is 7.15. The van der Waals surface area contributed by atoms with Crippen LogP contribution < -0.4 is 19.5 Å². The molecule has 0 radical (unpaired) electrons. The fourth-order valence-electron chi connectivity index (χ4n) is 2.90. The van der Waals surface area contributed by atoms with Gasteiger partial charge in [-0.25, -0.2) is 0 Å². The van der Waals surface area contributed by atoms with Crippen molar-refractivity contribution in [3.63, 3.8) is 0 Å². The van der Waals surface area contributed by atoms with Crippen molar-refractivity contribution in [1.29, 1.82) is 0 Å². The van der Waals surface area contributed by atoms with E-state index in [0.717, 1.165) is 43.2 Å². The highest BCUT2D eigenvalue weighted by Crippen LogP contribution is 2.18. The number of hydrogen-bond donors (Lipinski definition) is 2. The third kappa shape index (κ3) is 9.68. The van der Waals surface area contributed by atoms with Gasteiger partial charge in [0.05, 0.1) is 13.7 Å². The Morgan fingerprint density at radius 3 is 2.17 bits per heavy atom. The van der Waals surface area contributed by atoms with Crippen molar-refractivity contribution >= 4 is 0 Å². The lowest BCUT2D eigenvalue weighted by atomic mass is 10.1. The Morgan fingerprint density at radius 1 is 0.862 bits per heavy atom. The maximum absolute atomic E-state index is 10.1. The van der Waals surface area contributed by atoms with E-state index >= 15 is 0 Å².